The Labute approximate surface area is 94.5 Å². The molecule has 1 radical (unpaired) electrons. The van der Waals surface area contributed by atoms with E-state index < -0.39 is 0 Å². The van der Waals surface area contributed by atoms with Gasteiger partial charge in [-0.1, -0.05) is 12.9 Å². The van der Waals surface area contributed by atoms with Crippen molar-refractivity contribution < 1.29 is 9.53 Å². The number of aromatic nitrogens is 2. The molecule has 0 spiro atoms. The van der Waals surface area contributed by atoms with Crippen LogP contribution in [0.5, 0.6) is 0 Å². The van der Waals surface area contributed by atoms with Crippen LogP contribution < -0.4 is 5.46 Å². The predicted octanol–water partition coefficient (Wildman–Crippen LogP) is 0.889. The largest absolute Gasteiger partial charge is 0.461 e. The van der Waals surface area contributed by atoms with Crippen LogP contribution in [0, 0.1) is 0 Å². The van der Waals surface area contributed by atoms with Gasteiger partial charge in [-0.25, -0.2) is 9.78 Å². The van der Waals surface area contributed by atoms with Gasteiger partial charge in [-0.2, -0.15) is 0 Å². The molecule has 0 saturated heterocycles. The summed E-state index contributed by atoms with van der Waals surface area (Å²) in [6.45, 7) is 4.08. The first-order valence-electron chi connectivity index (χ1n) is 5.20. The maximum absolute atomic E-state index is 11.5. The molecule has 0 atom stereocenters. The Morgan fingerprint density at radius 3 is 3.12 bits per heavy atom. The van der Waals surface area contributed by atoms with Crippen LogP contribution in [0.3, 0.4) is 0 Å². The standard InChI is InChI=1S/C11H12BN2O2/c1-3-16-11(15)9-7-14-6-4-5-8(12-2)10(14)13-9/h4-7H,3H2,1-2H3. The van der Waals surface area contributed by atoms with E-state index in [0.29, 0.717) is 12.3 Å². The number of fused-ring (bicyclic) bond motifs is 1. The van der Waals surface area contributed by atoms with Gasteiger partial charge in [-0.15, -0.1) is 0 Å². The van der Waals surface area contributed by atoms with Crippen LogP contribution in [0.2, 0.25) is 6.82 Å². The van der Waals surface area contributed by atoms with Crippen molar-refractivity contribution >= 4 is 24.4 Å². The molecule has 0 N–H and O–H groups in total. The lowest BCUT2D eigenvalue weighted by Crippen LogP contribution is -2.14. The van der Waals surface area contributed by atoms with Crippen molar-refractivity contribution in [1.29, 1.82) is 0 Å². The highest BCUT2D eigenvalue weighted by molar-refractivity contribution is 6.54. The third-order valence-electron chi connectivity index (χ3n) is 2.31. The number of imidazole rings is 1. The first-order valence-corrected chi connectivity index (χ1v) is 5.20. The SMILES string of the molecule is C[B]c1cccn2cc(C(=O)OCC)nc12. The van der Waals surface area contributed by atoms with Gasteiger partial charge in [0.05, 0.1) is 6.61 Å². The summed E-state index contributed by atoms with van der Waals surface area (Å²) in [4.78, 5) is 15.8. The minimum Gasteiger partial charge on any atom is -0.461 e. The average molecular weight is 215 g/mol. The van der Waals surface area contributed by atoms with Crippen molar-refractivity contribution in [2.45, 2.75) is 13.7 Å². The average Bonchev–Trinajstić information content (AvgIpc) is 2.72. The van der Waals surface area contributed by atoms with Crippen molar-refractivity contribution in [2.75, 3.05) is 6.61 Å². The molecule has 2 aromatic heterocycles. The van der Waals surface area contributed by atoms with Gasteiger partial charge >= 0.3 is 5.97 Å². The summed E-state index contributed by atoms with van der Waals surface area (Å²) in [6.07, 6.45) is 3.54. The molecular weight excluding hydrogens is 203 g/mol. The number of carbonyl (C=O) groups excluding carboxylic acids is 1. The van der Waals surface area contributed by atoms with E-state index in [2.05, 4.69) is 4.98 Å². The second-order valence-electron chi connectivity index (χ2n) is 3.33. The fourth-order valence-electron chi connectivity index (χ4n) is 1.56. The van der Waals surface area contributed by atoms with E-state index in [-0.39, 0.29) is 5.97 Å². The molecule has 0 unspecified atom stereocenters. The summed E-state index contributed by atoms with van der Waals surface area (Å²) in [5, 5.41) is 0. The van der Waals surface area contributed by atoms with Crippen LogP contribution in [0.15, 0.2) is 24.5 Å². The highest BCUT2D eigenvalue weighted by atomic mass is 16.5. The van der Waals surface area contributed by atoms with Crippen LogP contribution in [-0.4, -0.2) is 29.2 Å². The van der Waals surface area contributed by atoms with Crippen LogP contribution in [0.25, 0.3) is 5.65 Å². The zero-order valence-electron chi connectivity index (χ0n) is 9.30. The molecule has 2 rings (SSSR count). The molecule has 2 heterocycles. The lowest BCUT2D eigenvalue weighted by Gasteiger charge is -1.97. The number of carbonyl (C=O) groups is 1. The summed E-state index contributed by atoms with van der Waals surface area (Å²) in [7, 11) is 1.96. The zero-order valence-corrected chi connectivity index (χ0v) is 9.30. The van der Waals surface area contributed by atoms with E-state index in [0.717, 1.165) is 11.1 Å². The van der Waals surface area contributed by atoms with Gasteiger partial charge in [0.2, 0.25) is 0 Å². The molecule has 0 fully saturated rings. The lowest BCUT2D eigenvalue weighted by molar-refractivity contribution is 0.0520. The van der Waals surface area contributed by atoms with Crippen molar-refractivity contribution in [1.82, 2.24) is 9.38 Å². The number of pyridine rings is 1. The Hall–Kier alpha value is -1.78. The predicted molar refractivity (Wildman–Crippen MR) is 62.4 cm³/mol. The highest BCUT2D eigenvalue weighted by Gasteiger charge is 2.12. The molecular formula is C11H12BN2O2. The van der Waals surface area contributed by atoms with Crippen LogP contribution in [0.1, 0.15) is 17.4 Å². The summed E-state index contributed by atoms with van der Waals surface area (Å²) in [5.74, 6) is -0.381. The van der Waals surface area contributed by atoms with Gasteiger partial charge < -0.3 is 9.14 Å². The van der Waals surface area contributed by atoms with Crippen LogP contribution >= 0.6 is 0 Å². The number of esters is 1. The number of hydrogen-bond acceptors (Lipinski definition) is 3. The van der Waals surface area contributed by atoms with E-state index in [1.54, 1.807) is 13.1 Å². The lowest BCUT2D eigenvalue weighted by atomic mass is 9.74. The van der Waals surface area contributed by atoms with Gasteiger partial charge in [0.25, 0.3) is 0 Å². The number of nitrogens with zero attached hydrogens (tertiary/aromatic N) is 2. The molecule has 0 saturated carbocycles. The fourth-order valence-corrected chi connectivity index (χ4v) is 1.56. The molecule has 0 bridgehead atoms. The van der Waals surface area contributed by atoms with Gasteiger partial charge in [0.15, 0.2) is 13.0 Å². The topological polar surface area (TPSA) is 43.6 Å². The maximum Gasteiger partial charge on any atom is 0.358 e. The molecule has 0 aliphatic rings. The number of hydrogen-bond donors (Lipinski definition) is 0. The van der Waals surface area contributed by atoms with E-state index in [9.17, 15) is 4.79 Å². The molecule has 81 valence electrons. The summed E-state index contributed by atoms with van der Waals surface area (Å²) >= 11 is 0. The van der Waals surface area contributed by atoms with E-state index in [1.165, 1.54) is 0 Å². The van der Waals surface area contributed by atoms with Crippen LogP contribution in [0.4, 0.5) is 0 Å². The van der Waals surface area contributed by atoms with Gasteiger partial charge in [0, 0.05) is 12.4 Å². The second-order valence-corrected chi connectivity index (χ2v) is 3.33. The van der Waals surface area contributed by atoms with Gasteiger partial charge in [0.1, 0.15) is 5.65 Å². The van der Waals surface area contributed by atoms with Crippen molar-refractivity contribution in [3.8, 4) is 0 Å². The molecule has 4 nitrogen and oxygen atoms in total. The molecule has 0 amide bonds. The monoisotopic (exact) mass is 215 g/mol. The summed E-state index contributed by atoms with van der Waals surface area (Å²) in [6, 6.07) is 3.87. The molecule has 0 aliphatic heterocycles. The van der Waals surface area contributed by atoms with Crippen LogP contribution in [-0.2, 0) is 4.74 Å². The Bertz CT molecular complexity index is 522. The normalized spacial score (nSPS) is 10.4. The Kier molecular flexibility index (Phi) is 2.94. The summed E-state index contributed by atoms with van der Waals surface area (Å²) in [5.41, 5.74) is 2.11. The molecule has 5 heteroatoms. The molecule has 0 aliphatic carbocycles. The minimum absolute atomic E-state index is 0.344. The fraction of sp³-hybridized carbons (Fsp3) is 0.273. The Morgan fingerprint density at radius 1 is 1.62 bits per heavy atom. The zero-order chi connectivity index (χ0) is 11.5. The smallest absolute Gasteiger partial charge is 0.358 e. The van der Waals surface area contributed by atoms with Crippen molar-refractivity contribution in [3.05, 3.63) is 30.2 Å². The van der Waals surface area contributed by atoms with Crippen molar-refractivity contribution in [2.24, 2.45) is 0 Å². The molecule has 16 heavy (non-hydrogen) atoms. The van der Waals surface area contributed by atoms with E-state index in [1.807, 2.05) is 36.8 Å². The van der Waals surface area contributed by atoms with Crippen molar-refractivity contribution in [3.63, 3.8) is 0 Å². The first kappa shape index (κ1) is 10.7. The Morgan fingerprint density at radius 2 is 2.44 bits per heavy atom. The quantitative estimate of drug-likeness (QED) is 0.564. The third kappa shape index (κ3) is 1.80. The first-order chi connectivity index (χ1) is 7.76. The maximum atomic E-state index is 11.5. The van der Waals surface area contributed by atoms with E-state index >= 15 is 0 Å². The third-order valence-corrected chi connectivity index (χ3v) is 2.31. The molecule has 0 aromatic carbocycles. The van der Waals surface area contributed by atoms with Gasteiger partial charge in [-0.05, 0) is 18.5 Å². The number of ether oxygens (including phenoxy) is 1. The second kappa shape index (κ2) is 4.39. The van der Waals surface area contributed by atoms with Gasteiger partial charge in [-0.3, -0.25) is 0 Å². The summed E-state index contributed by atoms with van der Waals surface area (Å²) < 4.78 is 6.73. The highest BCUT2D eigenvalue weighted by Crippen LogP contribution is 2.04. The number of rotatable bonds is 3. The molecule has 2 aromatic rings. The Balaban J connectivity index is 2.47. The van der Waals surface area contributed by atoms with E-state index in [4.69, 9.17) is 4.74 Å². The minimum atomic E-state index is -0.381.